The lowest BCUT2D eigenvalue weighted by atomic mass is 10.1. The van der Waals surface area contributed by atoms with Gasteiger partial charge in [-0.1, -0.05) is 6.07 Å². The van der Waals surface area contributed by atoms with Gasteiger partial charge in [0.05, 0.1) is 18.1 Å². The molecule has 0 fully saturated rings. The number of aromatic amines is 1. The second-order valence-electron chi connectivity index (χ2n) is 4.58. The quantitative estimate of drug-likeness (QED) is 0.779. The minimum atomic E-state index is -1.14. The lowest BCUT2D eigenvalue weighted by Crippen LogP contribution is -2.03. The van der Waals surface area contributed by atoms with Crippen molar-refractivity contribution in [2.24, 2.45) is 0 Å². The largest absolute Gasteiger partial charge is 0.494 e. The van der Waals surface area contributed by atoms with Gasteiger partial charge in [0, 0.05) is 6.07 Å². The Kier molecular flexibility index (Phi) is 3.31. The van der Waals surface area contributed by atoms with Crippen LogP contribution in [0.2, 0.25) is 0 Å². The van der Waals surface area contributed by atoms with Crippen molar-refractivity contribution in [3.63, 3.8) is 0 Å². The van der Waals surface area contributed by atoms with Crippen molar-refractivity contribution in [3.8, 4) is 5.75 Å². The van der Waals surface area contributed by atoms with Crippen molar-refractivity contribution in [3.05, 3.63) is 59.4 Å². The number of aromatic nitrogens is 2. The van der Waals surface area contributed by atoms with Crippen LogP contribution in [-0.2, 0) is 0 Å². The van der Waals surface area contributed by atoms with Crippen LogP contribution in [0.15, 0.2) is 36.4 Å². The highest BCUT2D eigenvalue weighted by Crippen LogP contribution is 2.26. The highest BCUT2D eigenvalue weighted by molar-refractivity contribution is 5.75. The summed E-state index contributed by atoms with van der Waals surface area (Å²) in [4.78, 5) is 7.01. The van der Waals surface area contributed by atoms with Gasteiger partial charge in [0.1, 0.15) is 17.7 Å². The van der Waals surface area contributed by atoms with Crippen molar-refractivity contribution < 1.29 is 18.6 Å². The molecule has 3 rings (SSSR count). The highest BCUT2D eigenvalue weighted by Gasteiger charge is 2.17. The molecule has 0 bridgehead atoms. The number of fused-ring (bicyclic) bond motifs is 1. The summed E-state index contributed by atoms with van der Waals surface area (Å²) in [7, 11) is 1.36. The van der Waals surface area contributed by atoms with Crippen molar-refractivity contribution in [1.29, 1.82) is 0 Å². The fraction of sp³-hybridized carbons (Fsp3) is 0.133. The maximum atomic E-state index is 13.7. The lowest BCUT2D eigenvalue weighted by molar-refractivity contribution is 0.210. The SMILES string of the molecule is COc1ccc(C(O)c2nc3cc(F)ccc3[nH]2)cc1F. The number of hydrogen-bond donors (Lipinski definition) is 2. The summed E-state index contributed by atoms with van der Waals surface area (Å²) in [5, 5.41) is 10.3. The molecule has 1 atom stereocenters. The molecule has 0 radical (unpaired) electrons. The zero-order valence-electron chi connectivity index (χ0n) is 11.1. The van der Waals surface area contributed by atoms with Gasteiger partial charge in [0.15, 0.2) is 11.6 Å². The van der Waals surface area contributed by atoms with Crippen LogP contribution in [0, 0.1) is 11.6 Å². The Morgan fingerprint density at radius 1 is 1.19 bits per heavy atom. The number of aliphatic hydroxyl groups is 1. The van der Waals surface area contributed by atoms with Crippen molar-refractivity contribution in [1.82, 2.24) is 9.97 Å². The van der Waals surface area contributed by atoms with E-state index in [1.54, 1.807) is 6.07 Å². The van der Waals surface area contributed by atoms with Gasteiger partial charge in [0.25, 0.3) is 0 Å². The number of nitrogens with zero attached hydrogens (tertiary/aromatic N) is 1. The predicted octanol–water partition coefficient (Wildman–Crippen LogP) is 2.93. The van der Waals surface area contributed by atoms with Crippen LogP contribution in [0.25, 0.3) is 11.0 Å². The summed E-state index contributed by atoms with van der Waals surface area (Å²) in [6.07, 6.45) is -1.14. The minimum Gasteiger partial charge on any atom is -0.494 e. The number of methoxy groups -OCH3 is 1. The van der Waals surface area contributed by atoms with Crippen LogP contribution in [0.1, 0.15) is 17.5 Å². The number of halogens is 2. The summed E-state index contributed by atoms with van der Waals surface area (Å²) in [5.74, 6) is -0.667. The average Bonchev–Trinajstić information content (AvgIpc) is 2.89. The molecule has 1 heterocycles. The van der Waals surface area contributed by atoms with Crippen LogP contribution in [-0.4, -0.2) is 22.2 Å². The Hall–Kier alpha value is -2.47. The first kappa shape index (κ1) is 13.5. The van der Waals surface area contributed by atoms with Crippen LogP contribution >= 0.6 is 0 Å². The van der Waals surface area contributed by atoms with Crippen LogP contribution in [0.4, 0.5) is 8.78 Å². The van der Waals surface area contributed by atoms with Crippen molar-refractivity contribution >= 4 is 11.0 Å². The van der Waals surface area contributed by atoms with E-state index in [4.69, 9.17) is 4.74 Å². The van der Waals surface area contributed by atoms with Crippen LogP contribution < -0.4 is 4.74 Å². The van der Waals surface area contributed by atoms with E-state index >= 15 is 0 Å². The maximum absolute atomic E-state index is 13.7. The molecule has 1 aromatic heterocycles. The van der Waals surface area contributed by atoms with Crippen molar-refractivity contribution in [2.45, 2.75) is 6.10 Å². The Labute approximate surface area is 119 Å². The second-order valence-corrected chi connectivity index (χ2v) is 4.58. The zero-order chi connectivity index (χ0) is 15.0. The Morgan fingerprint density at radius 3 is 2.71 bits per heavy atom. The second kappa shape index (κ2) is 5.14. The molecule has 0 aliphatic carbocycles. The molecule has 6 heteroatoms. The molecule has 0 aliphatic heterocycles. The smallest absolute Gasteiger partial charge is 0.165 e. The van der Waals surface area contributed by atoms with E-state index in [-0.39, 0.29) is 11.6 Å². The molecule has 3 aromatic rings. The van der Waals surface area contributed by atoms with Gasteiger partial charge in [-0.05, 0) is 29.8 Å². The molecule has 21 heavy (non-hydrogen) atoms. The van der Waals surface area contributed by atoms with Crippen molar-refractivity contribution in [2.75, 3.05) is 7.11 Å². The zero-order valence-corrected chi connectivity index (χ0v) is 11.1. The van der Waals surface area contributed by atoms with Gasteiger partial charge >= 0.3 is 0 Å². The van der Waals surface area contributed by atoms with E-state index < -0.39 is 17.7 Å². The fourth-order valence-electron chi connectivity index (χ4n) is 2.14. The third-order valence-electron chi connectivity index (χ3n) is 3.21. The summed E-state index contributed by atoms with van der Waals surface area (Å²) < 4.78 is 31.6. The van der Waals surface area contributed by atoms with E-state index in [9.17, 15) is 13.9 Å². The Morgan fingerprint density at radius 2 is 2.00 bits per heavy atom. The van der Waals surface area contributed by atoms with Gasteiger partial charge < -0.3 is 14.8 Å². The number of hydrogen-bond acceptors (Lipinski definition) is 3. The van der Waals surface area contributed by atoms with Gasteiger partial charge in [-0.25, -0.2) is 13.8 Å². The number of aliphatic hydroxyl groups excluding tert-OH is 1. The molecule has 2 N–H and O–H groups in total. The molecule has 1 unspecified atom stereocenters. The Balaban J connectivity index is 1.99. The number of nitrogens with one attached hydrogen (secondary N) is 1. The number of rotatable bonds is 3. The molecule has 0 spiro atoms. The van der Waals surface area contributed by atoms with E-state index in [2.05, 4.69) is 9.97 Å². The van der Waals surface area contributed by atoms with Crippen LogP contribution in [0.3, 0.4) is 0 Å². The average molecular weight is 290 g/mol. The summed E-state index contributed by atoms with van der Waals surface area (Å²) in [5.41, 5.74) is 1.32. The first-order valence-corrected chi connectivity index (χ1v) is 6.25. The first-order chi connectivity index (χ1) is 10.1. The summed E-state index contributed by atoms with van der Waals surface area (Å²) >= 11 is 0. The number of H-pyrrole nitrogens is 1. The molecule has 0 aliphatic rings. The summed E-state index contributed by atoms with van der Waals surface area (Å²) in [6, 6.07) is 8.23. The summed E-state index contributed by atoms with van der Waals surface area (Å²) in [6.45, 7) is 0. The first-order valence-electron chi connectivity index (χ1n) is 6.25. The molecule has 0 amide bonds. The predicted molar refractivity (Wildman–Crippen MR) is 73.1 cm³/mol. The molecular weight excluding hydrogens is 278 g/mol. The van der Waals surface area contributed by atoms with E-state index in [0.717, 1.165) is 0 Å². The fourth-order valence-corrected chi connectivity index (χ4v) is 2.14. The van der Waals surface area contributed by atoms with E-state index in [0.29, 0.717) is 16.6 Å². The standard InChI is InChI=1S/C15H12F2N2O2/c1-21-13-5-2-8(6-10(13)17)14(20)15-18-11-4-3-9(16)7-12(11)19-15/h2-7,14,20H,1H3,(H,18,19). The van der Waals surface area contributed by atoms with E-state index in [1.807, 2.05) is 0 Å². The molecular formula is C15H12F2N2O2. The minimum absolute atomic E-state index is 0.0950. The maximum Gasteiger partial charge on any atom is 0.165 e. The molecule has 0 saturated carbocycles. The third-order valence-corrected chi connectivity index (χ3v) is 3.21. The van der Waals surface area contributed by atoms with E-state index in [1.165, 1.54) is 37.4 Å². The monoisotopic (exact) mass is 290 g/mol. The molecule has 108 valence electrons. The third kappa shape index (κ3) is 2.45. The molecule has 0 saturated heterocycles. The Bertz CT molecular complexity index is 801. The number of ether oxygens (including phenoxy) is 1. The molecule has 2 aromatic carbocycles. The molecule has 4 nitrogen and oxygen atoms in total. The van der Waals surface area contributed by atoms with Crippen LogP contribution in [0.5, 0.6) is 5.75 Å². The van der Waals surface area contributed by atoms with Gasteiger partial charge in [0.2, 0.25) is 0 Å². The van der Waals surface area contributed by atoms with Gasteiger partial charge in [-0.15, -0.1) is 0 Å². The topological polar surface area (TPSA) is 58.1 Å². The normalized spacial score (nSPS) is 12.6. The lowest BCUT2D eigenvalue weighted by Gasteiger charge is -2.09. The number of benzene rings is 2. The number of imidazole rings is 1. The highest BCUT2D eigenvalue weighted by atomic mass is 19.1. The van der Waals surface area contributed by atoms with Gasteiger partial charge in [-0.3, -0.25) is 0 Å². The van der Waals surface area contributed by atoms with Gasteiger partial charge in [-0.2, -0.15) is 0 Å².